The predicted molar refractivity (Wildman–Crippen MR) is 166 cm³/mol. The van der Waals surface area contributed by atoms with E-state index in [1.165, 1.54) is 0 Å². The van der Waals surface area contributed by atoms with Gasteiger partial charge < -0.3 is 23.7 Å². The van der Waals surface area contributed by atoms with E-state index in [0.717, 1.165) is 17.5 Å². The molecular formula is C33H47N3O9. The lowest BCUT2D eigenvalue weighted by Gasteiger charge is -2.22. The van der Waals surface area contributed by atoms with Crippen LogP contribution in [0.5, 0.6) is 0 Å². The van der Waals surface area contributed by atoms with Gasteiger partial charge in [-0.2, -0.15) is 0 Å². The Kier molecular flexibility index (Phi) is 18.1. The highest BCUT2D eigenvalue weighted by Gasteiger charge is 2.20. The van der Waals surface area contributed by atoms with Crippen LogP contribution >= 0.6 is 0 Å². The Morgan fingerprint density at radius 3 is 1.44 bits per heavy atom. The van der Waals surface area contributed by atoms with Gasteiger partial charge in [0.1, 0.15) is 0 Å². The van der Waals surface area contributed by atoms with Crippen LogP contribution in [0.3, 0.4) is 0 Å². The molecule has 12 nitrogen and oxygen atoms in total. The Balaban J connectivity index is 2.28. The van der Waals surface area contributed by atoms with Crippen molar-refractivity contribution < 1.29 is 42.9 Å². The van der Waals surface area contributed by atoms with Crippen LogP contribution in [0.15, 0.2) is 42.5 Å². The molecule has 1 aromatic heterocycles. The first-order chi connectivity index (χ1) is 21.8. The molecule has 0 amide bonds. The van der Waals surface area contributed by atoms with Gasteiger partial charge in [0.25, 0.3) is 0 Å². The minimum absolute atomic E-state index is 0.126. The highest BCUT2D eigenvalue weighted by atomic mass is 16.5. The van der Waals surface area contributed by atoms with Crippen LogP contribution in [-0.2, 0) is 69.0 Å². The largest absolute Gasteiger partial charge is 0.465 e. The molecule has 0 radical (unpaired) electrons. The van der Waals surface area contributed by atoms with Crippen LogP contribution in [0.1, 0.15) is 56.6 Å². The first kappa shape index (κ1) is 37.3. The highest BCUT2D eigenvalue weighted by molar-refractivity contribution is 5.75. The molecule has 248 valence electrons. The number of aryl methyl sites for hydroxylation is 1. The van der Waals surface area contributed by atoms with Crippen LogP contribution < -0.4 is 0 Å². The first-order valence-corrected chi connectivity index (χ1v) is 15.4. The van der Waals surface area contributed by atoms with E-state index < -0.39 is 23.9 Å². The molecule has 2 rings (SSSR count). The highest BCUT2D eigenvalue weighted by Crippen LogP contribution is 2.14. The van der Waals surface area contributed by atoms with Crippen LogP contribution in [0.4, 0.5) is 0 Å². The maximum atomic E-state index is 12.3. The number of benzene rings is 1. The predicted octanol–water partition coefficient (Wildman–Crippen LogP) is 3.09. The average Bonchev–Trinajstić information content (AvgIpc) is 2.98. The van der Waals surface area contributed by atoms with Crippen molar-refractivity contribution in [3.8, 4) is 0 Å². The molecule has 1 heterocycles. The van der Waals surface area contributed by atoms with Gasteiger partial charge in [0, 0.05) is 19.7 Å². The maximum Gasteiger partial charge on any atom is 0.320 e. The van der Waals surface area contributed by atoms with Gasteiger partial charge in [-0.3, -0.25) is 34.0 Å². The summed E-state index contributed by atoms with van der Waals surface area (Å²) in [7, 11) is 0. The molecule has 0 bridgehead atoms. The quantitative estimate of drug-likeness (QED) is 0.108. The number of hydrogen-bond acceptors (Lipinski definition) is 12. The molecule has 0 fully saturated rings. The Hall–Kier alpha value is -3.87. The van der Waals surface area contributed by atoms with E-state index in [0.29, 0.717) is 31.0 Å². The lowest BCUT2D eigenvalue weighted by atomic mass is 10.1. The van der Waals surface area contributed by atoms with Crippen molar-refractivity contribution in [3.05, 3.63) is 65.0 Å². The summed E-state index contributed by atoms with van der Waals surface area (Å²) >= 11 is 0. The molecule has 1 aromatic carbocycles. The Morgan fingerprint density at radius 2 is 1.04 bits per heavy atom. The third kappa shape index (κ3) is 16.1. The number of pyridine rings is 1. The number of esters is 4. The Morgan fingerprint density at radius 1 is 0.622 bits per heavy atom. The van der Waals surface area contributed by atoms with Gasteiger partial charge in [-0.1, -0.05) is 30.3 Å². The lowest BCUT2D eigenvalue weighted by molar-refractivity contribution is -0.150. The van der Waals surface area contributed by atoms with Gasteiger partial charge in [0.2, 0.25) is 0 Å². The molecule has 0 atom stereocenters. The van der Waals surface area contributed by atoms with Crippen molar-refractivity contribution in [2.45, 2.75) is 60.2 Å². The second kappa shape index (κ2) is 21.8. The molecule has 0 N–H and O–H groups in total. The van der Waals surface area contributed by atoms with Crippen LogP contribution in [0.2, 0.25) is 0 Å². The third-order valence-electron chi connectivity index (χ3n) is 6.26. The molecule has 0 unspecified atom stereocenters. The molecule has 0 aliphatic rings. The summed E-state index contributed by atoms with van der Waals surface area (Å²) in [4.78, 5) is 57.4. The summed E-state index contributed by atoms with van der Waals surface area (Å²) < 4.78 is 26.3. The van der Waals surface area contributed by atoms with E-state index in [-0.39, 0.29) is 65.7 Å². The maximum absolute atomic E-state index is 12.3. The summed E-state index contributed by atoms with van der Waals surface area (Å²) in [5.74, 6) is -1.87. The SMILES string of the molecule is CCOC(=O)CN(CC(=O)OCC)Cc1cc(CCCOCc2ccccc2)cc(CN(CC(=O)OCC)CC(=O)OCC)n1. The minimum atomic E-state index is -0.469. The van der Waals surface area contributed by atoms with Crippen molar-refractivity contribution in [3.63, 3.8) is 0 Å². The van der Waals surface area contributed by atoms with Crippen LogP contribution in [-0.4, -0.2) is 97.9 Å². The Bertz CT molecular complexity index is 1090. The topological polar surface area (TPSA) is 134 Å². The van der Waals surface area contributed by atoms with E-state index in [1.807, 2.05) is 42.5 Å². The standard InChI is InChI=1S/C33H47N3O9/c1-5-42-30(37)21-35(22-31(38)43-6-2)19-28-17-27(15-12-16-41-25-26-13-10-9-11-14-26)18-29(34-28)20-36(23-32(39)44-7-3)24-33(40)45-8-4/h9-11,13-14,17-18H,5-8,12,15-16,19-25H2,1-4H3. The van der Waals surface area contributed by atoms with E-state index in [2.05, 4.69) is 0 Å². The van der Waals surface area contributed by atoms with Crippen molar-refractivity contribution >= 4 is 23.9 Å². The Labute approximate surface area is 265 Å². The molecule has 0 spiro atoms. The number of hydrogen-bond donors (Lipinski definition) is 0. The summed E-state index contributed by atoms with van der Waals surface area (Å²) in [6.07, 6.45) is 1.41. The molecule has 0 saturated heterocycles. The van der Waals surface area contributed by atoms with Gasteiger partial charge in [0.15, 0.2) is 0 Å². The molecule has 0 saturated carbocycles. The number of aromatic nitrogens is 1. The van der Waals surface area contributed by atoms with Crippen LogP contribution in [0, 0.1) is 0 Å². The fourth-order valence-corrected chi connectivity index (χ4v) is 4.52. The number of nitrogens with zero attached hydrogens (tertiary/aromatic N) is 3. The van der Waals surface area contributed by atoms with Crippen molar-refractivity contribution in [2.75, 3.05) is 59.2 Å². The van der Waals surface area contributed by atoms with Crippen molar-refractivity contribution in [1.82, 2.24) is 14.8 Å². The molecule has 12 heteroatoms. The second-order valence-electron chi connectivity index (χ2n) is 10.1. The van der Waals surface area contributed by atoms with Crippen LogP contribution in [0.25, 0.3) is 0 Å². The second-order valence-corrected chi connectivity index (χ2v) is 10.1. The number of ether oxygens (including phenoxy) is 5. The van der Waals surface area contributed by atoms with E-state index in [1.54, 1.807) is 37.5 Å². The first-order valence-electron chi connectivity index (χ1n) is 15.4. The molecule has 0 aliphatic heterocycles. The van der Waals surface area contributed by atoms with E-state index >= 15 is 0 Å². The van der Waals surface area contributed by atoms with Crippen molar-refractivity contribution in [1.29, 1.82) is 0 Å². The summed E-state index contributed by atoms with van der Waals surface area (Å²) in [5.41, 5.74) is 3.26. The van der Waals surface area contributed by atoms with E-state index in [4.69, 9.17) is 28.7 Å². The normalized spacial score (nSPS) is 11.0. The zero-order chi connectivity index (χ0) is 32.9. The molecule has 2 aromatic rings. The van der Waals surface area contributed by atoms with E-state index in [9.17, 15) is 19.2 Å². The lowest BCUT2D eigenvalue weighted by Crippen LogP contribution is -2.37. The van der Waals surface area contributed by atoms with Crippen molar-refractivity contribution in [2.24, 2.45) is 0 Å². The number of rotatable bonds is 22. The summed E-state index contributed by atoms with van der Waals surface area (Å²) in [6, 6.07) is 13.8. The molecular weight excluding hydrogens is 582 g/mol. The summed E-state index contributed by atoms with van der Waals surface area (Å²) in [6.45, 7) is 8.60. The monoisotopic (exact) mass is 629 g/mol. The summed E-state index contributed by atoms with van der Waals surface area (Å²) in [5, 5.41) is 0. The van der Waals surface area contributed by atoms with Gasteiger partial charge in [-0.15, -0.1) is 0 Å². The van der Waals surface area contributed by atoms with Gasteiger partial charge in [-0.25, -0.2) is 0 Å². The average molecular weight is 630 g/mol. The van der Waals surface area contributed by atoms with Gasteiger partial charge in [0.05, 0.1) is 70.6 Å². The van der Waals surface area contributed by atoms with Gasteiger partial charge in [-0.05, 0) is 63.8 Å². The molecule has 0 aliphatic carbocycles. The van der Waals surface area contributed by atoms with Gasteiger partial charge >= 0.3 is 23.9 Å². The fourth-order valence-electron chi connectivity index (χ4n) is 4.52. The minimum Gasteiger partial charge on any atom is -0.465 e. The zero-order valence-corrected chi connectivity index (χ0v) is 27.0. The number of carbonyl (C=O) groups excluding carboxylic acids is 4. The number of carbonyl (C=O) groups is 4. The smallest absolute Gasteiger partial charge is 0.320 e. The third-order valence-corrected chi connectivity index (χ3v) is 6.26. The fraction of sp³-hybridized carbons (Fsp3) is 0.545. The zero-order valence-electron chi connectivity index (χ0n) is 27.0. The molecule has 45 heavy (non-hydrogen) atoms.